The van der Waals surface area contributed by atoms with Crippen LogP contribution < -0.4 is 11.6 Å². The summed E-state index contributed by atoms with van der Waals surface area (Å²) in [6.45, 7) is 2.02. The number of alkyl halides is 2. The molecular formula is C7H13B2F2N3. The summed E-state index contributed by atoms with van der Waals surface area (Å²) >= 11 is 0. The van der Waals surface area contributed by atoms with E-state index < -0.39 is 11.6 Å². The van der Waals surface area contributed by atoms with E-state index in [1.54, 1.807) is 0 Å². The third kappa shape index (κ3) is 2.20. The molecule has 0 aromatic heterocycles. The Balaban J connectivity index is 3.05. The van der Waals surface area contributed by atoms with Crippen LogP contribution in [0, 0.1) is 0 Å². The molecule has 1 aliphatic rings. The number of allylic oxidation sites excluding steroid dienone is 2. The van der Waals surface area contributed by atoms with Crippen LogP contribution in [0.1, 0.15) is 6.42 Å². The second-order valence-corrected chi connectivity index (χ2v) is 3.83. The van der Waals surface area contributed by atoms with E-state index in [0.717, 1.165) is 0 Å². The van der Waals surface area contributed by atoms with Crippen molar-refractivity contribution < 1.29 is 8.78 Å². The van der Waals surface area contributed by atoms with Gasteiger partial charge in [-0.2, -0.15) is 8.78 Å². The Morgan fingerprint density at radius 1 is 1.57 bits per heavy atom. The zero-order chi connectivity index (χ0) is 10.9. The molecule has 0 amide bonds. The number of hydrogen-bond acceptors (Lipinski definition) is 3. The highest BCUT2D eigenvalue weighted by Crippen LogP contribution is 2.36. The molecule has 2 radical (unpaired) electrons. The monoisotopic (exact) mass is 199 g/mol. The second kappa shape index (κ2) is 3.81. The first-order chi connectivity index (χ1) is 6.34. The molecule has 7 heteroatoms. The smallest absolute Gasteiger partial charge is 0.288 e. The van der Waals surface area contributed by atoms with Crippen molar-refractivity contribution in [2.45, 2.75) is 31.8 Å². The maximum Gasteiger partial charge on any atom is 0.288 e. The Morgan fingerprint density at radius 2 is 2.14 bits per heavy atom. The summed E-state index contributed by atoms with van der Waals surface area (Å²) < 4.78 is 26.9. The highest BCUT2D eigenvalue weighted by Gasteiger charge is 2.40. The van der Waals surface area contributed by atoms with Crippen molar-refractivity contribution in [1.82, 2.24) is 4.92 Å². The number of halogens is 2. The largest absolute Gasteiger partial charge is 0.401 e. The molecule has 0 aromatic rings. The lowest BCUT2D eigenvalue weighted by molar-refractivity contribution is 0.0183. The zero-order valence-electron chi connectivity index (χ0n) is 8.13. The van der Waals surface area contributed by atoms with Crippen molar-refractivity contribution >= 4 is 14.7 Å². The van der Waals surface area contributed by atoms with Gasteiger partial charge >= 0.3 is 0 Å². The lowest BCUT2D eigenvalue weighted by Gasteiger charge is -2.26. The van der Waals surface area contributed by atoms with Crippen molar-refractivity contribution in [3.8, 4) is 0 Å². The molecule has 0 atom stereocenters. The first-order valence-corrected chi connectivity index (χ1v) is 4.51. The normalized spacial score (nSPS) is 22.1. The van der Waals surface area contributed by atoms with Gasteiger partial charge in [0, 0.05) is 12.1 Å². The van der Waals surface area contributed by atoms with Crippen LogP contribution in [0.2, 0.25) is 19.5 Å². The zero-order valence-corrected chi connectivity index (χ0v) is 8.13. The van der Waals surface area contributed by atoms with E-state index in [9.17, 15) is 8.78 Å². The molecule has 1 aliphatic heterocycles. The van der Waals surface area contributed by atoms with Gasteiger partial charge in [-0.1, -0.05) is 13.1 Å². The first-order valence-electron chi connectivity index (χ1n) is 4.51. The van der Waals surface area contributed by atoms with Gasteiger partial charge < -0.3 is 10.7 Å². The number of nitrogens with two attached hydrogens (primary N) is 2. The maximum atomic E-state index is 13.5. The molecule has 0 bridgehead atoms. The Bertz CT molecular complexity index is 255. The first kappa shape index (κ1) is 11.4. The predicted molar refractivity (Wildman–Crippen MR) is 53.8 cm³/mol. The van der Waals surface area contributed by atoms with E-state index in [-0.39, 0.29) is 18.8 Å². The van der Waals surface area contributed by atoms with Gasteiger partial charge in [-0.05, 0) is 6.32 Å². The van der Waals surface area contributed by atoms with Gasteiger partial charge in [-0.3, -0.25) is 5.84 Å². The molecule has 1 heterocycles. The van der Waals surface area contributed by atoms with E-state index in [0.29, 0.717) is 17.6 Å². The third-order valence-electron chi connectivity index (χ3n) is 2.43. The van der Waals surface area contributed by atoms with Gasteiger partial charge in [0.2, 0.25) is 0 Å². The van der Waals surface area contributed by atoms with Crippen molar-refractivity contribution in [3.63, 3.8) is 0 Å². The summed E-state index contributed by atoms with van der Waals surface area (Å²) in [6, 6.07) is 0. The van der Waals surface area contributed by atoms with Crippen LogP contribution in [-0.2, 0) is 0 Å². The Labute approximate surface area is 84.0 Å². The van der Waals surface area contributed by atoms with E-state index in [2.05, 4.69) is 0 Å². The van der Waals surface area contributed by atoms with E-state index in [1.807, 2.05) is 6.82 Å². The standard InChI is InChI=1S/C7H13B2F2N3/c1-9-3-2-7(10,11)6(14(8)13)5(12)4-9/h2-4,12-13H2,1H3. The number of hydrazine groups is 1. The summed E-state index contributed by atoms with van der Waals surface area (Å²) in [6.07, 6.45) is 0.579. The van der Waals surface area contributed by atoms with Crippen molar-refractivity contribution in [3.05, 3.63) is 11.4 Å². The van der Waals surface area contributed by atoms with Crippen molar-refractivity contribution in [1.29, 1.82) is 0 Å². The predicted octanol–water partition coefficient (Wildman–Crippen LogP) is 0.579. The van der Waals surface area contributed by atoms with Crippen LogP contribution in [0.5, 0.6) is 0 Å². The minimum absolute atomic E-state index is 0.0880. The highest BCUT2D eigenvalue weighted by molar-refractivity contribution is 6.58. The van der Waals surface area contributed by atoms with E-state index >= 15 is 0 Å². The average Bonchev–Trinajstić information content (AvgIpc) is 2.07. The summed E-state index contributed by atoms with van der Waals surface area (Å²) in [7, 11) is 5.14. The van der Waals surface area contributed by atoms with Crippen LogP contribution in [-0.4, -0.2) is 25.5 Å². The topological polar surface area (TPSA) is 55.3 Å². The van der Waals surface area contributed by atoms with Crippen molar-refractivity contribution in [2.24, 2.45) is 11.6 Å². The SMILES string of the molecule is [B]N(N)C1=C(N)CB(C)CCC1(F)F. The van der Waals surface area contributed by atoms with Gasteiger partial charge in [-0.25, -0.2) is 0 Å². The lowest BCUT2D eigenvalue weighted by atomic mass is 9.46. The van der Waals surface area contributed by atoms with Gasteiger partial charge in [0.1, 0.15) is 12.4 Å². The molecule has 3 nitrogen and oxygen atoms in total. The molecule has 0 spiro atoms. The van der Waals surface area contributed by atoms with Gasteiger partial charge in [0.15, 0.2) is 0 Å². The van der Waals surface area contributed by atoms with E-state index in [4.69, 9.17) is 19.6 Å². The minimum Gasteiger partial charge on any atom is -0.401 e. The van der Waals surface area contributed by atoms with Gasteiger partial charge in [0.25, 0.3) is 13.9 Å². The molecule has 1 rings (SSSR count). The molecule has 0 saturated heterocycles. The van der Waals surface area contributed by atoms with Gasteiger partial charge in [-0.15, -0.1) is 0 Å². The number of nitrogens with zero attached hydrogens (tertiary/aromatic N) is 1. The molecule has 76 valence electrons. The van der Waals surface area contributed by atoms with Crippen LogP contribution >= 0.6 is 0 Å². The molecule has 4 N–H and O–H groups in total. The molecule has 14 heavy (non-hydrogen) atoms. The molecular weight excluding hydrogens is 186 g/mol. The fraction of sp³-hybridized carbons (Fsp3) is 0.714. The molecule has 0 aliphatic carbocycles. The quantitative estimate of drug-likeness (QED) is 0.368. The van der Waals surface area contributed by atoms with Crippen LogP contribution in [0.15, 0.2) is 11.4 Å². The Hall–Kier alpha value is -0.710. The number of rotatable bonds is 1. The fourth-order valence-electron chi connectivity index (χ4n) is 1.71. The second-order valence-electron chi connectivity index (χ2n) is 3.83. The Morgan fingerprint density at radius 3 is 2.64 bits per heavy atom. The molecule has 0 unspecified atom stereocenters. The van der Waals surface area contributed by atoms with Crippen molar-refractivity contribution in [2.75, 3.05) is 0 Å². The summed E-state index contributed by atoms with van der Waals surface area (Å²) in [5.41, 5.74) is 5.19. The average molecular weight is 199 g/mol. The summed E-state index contributed by atoms with van der Waals surface area (Å²) in [4.78, 5) is 0.438. The molecule has 0 aromatic carbocycles. The third-order valence-corrected chi connectivity index (χ3v) is 2.43. The maximum absolute atomic E-state index is 13.5. The van der Waals surface area contributed by atoms with Crippen LogP contribution in [0.25, 0.3) is 0 Å². The molecule has 0 fully saturated rings. The summed E-state index contributed by atoms with van der Waals surface area (Å²) in [5, 5.41) is 0. The minimum atomic E-state index is -3.02. The van der Waals surface area contributed by atoms with E-state index in [1.165, 1.54) is 0 Å². The Kier molecular flexibility index (Phi) is 3.09. The lowest BCUT2D eigenvalue weighted by Crippen LogP contribution is -2.38. The summed E-state index contributed by atoms with van der Waals surface area (Å²) in [5.74, 6) is 2.13. The molecule has 0 saturated carbocycles. The van der Waals surface area contributed by atoms with Gasteiger partial charge in [0.05, 0.1) is 0 Å². The number of hydrogen-bond donors (Lipinski definition) is 2. The highest BCUT2D eigenvalue weighted by atomic mass is 19.3. The fourth-order valence-corrected chi connectivity index (χ4v) is 1.71. The van der Waals surface area contributed by atoms with Crippen LogP contribution in [0.3, 0.4) is 0 Å². The van der Waals surface area contributed by atoms with Crippen LogP contribution in [0.4, 0.5) is 8.78 Å².